The molecular weight excluding hydrogens is 280 g/mol. The fraction of sp³-hybridized carbons (Fsp3) is 0.133. The van der Waals surface area contributed by atoms with Crippen molar-refractivity contribution in [2.75, 3.05) is 12.4 Å². The summed E-state index contributed by atoms with van der Waals surface area (Å²) in [4.78, 5) is 11.6. The molecule has 0 aromatic heterocycles. The molecule has 21 heavy (non-hydrogen) atoms. The van der Waals surface area contributed by atoms with Gasteiger partial charge in [-0.15, -0.1) is 0 Å². The Morgan fingerprint density at radius 3 is 2.62 bits per heavy atom. The van der Waals surface area contributed by atoms with Gasteiger partial charge in [0.05, 0.1) is 12.7 Å². The van der Waals surface area contributed by atoms with E-state index in [1.54, 1.807) is 0 Å². The summed E-state index contributed by atoms with van der Waals surface area (Å²) in [6.07, 6.45) is 0. The first-order chi connectivity index (χ1) is 9.99. The summed E-state index contributed by atoms with van der Waals surface area (Å²) in [5.74, 6) is -2.01. The van der Waals surface area contributed by atoms with Crippen molar-refractivity contribution in [3.8, 4) is 5.75 Å². The quantitative estimate of drug-likeness (QED) is 0.851. The number of methoxy groups -OCH3 is 1. The monoisotopic (exact) mass is 293 g/mol. The molecule has 2 aromatic carbocycles. The number of hydrogen-bond donors (Lipinski definition) is 2. The lowest BCUT2D eigenvalue weighted by atomic mass is 10.1. The molecule has 0 unspecified atom stereocenters. The van der Waals surface area contributed by atoms with Crippen LogP contribution in [0.4, 0.5) is 14.5 Å². The average molecular weight is 293 g/mol. The van der Waals surface area contributed by atoms with Gasteiger partial charge in [0.2, 0.25) is 0 Å². The number of rotatable bonds is 4. The lowest BCUT2D eigenvalue weighted by Gasteiger charge is -2.11. The van der Waals surface area contributed by atoms with E-state index in [9.17, 15) is 18.7 Å². The zero-order chi connectivity index (χ0) is 15.4. The zero-order valence-corrected chi connectivity index (χ0v) is 11.2. The van der Waals surface area contributed by atoms with E-state index in [1.165, 1.54) is 31.4 Å². The summed E-state index contributed by atoms with van der Waals surface area (Å²) in [5.41, 5.74) is 0.873. The third-order valence-corrected chi connectivity index (χ3v) is 2.81. The number of anilines is 1. The highest BCUT2D eigenvalue weighted by molar-refractivity contribution is 5.95. The first-order valence-electron chi connectivity index (χ1n) is 6.10. The molecule has 4 nitrogen and oxygen atoms in total. The summed E-state index contributed by atoms with van der Waals surface area (Å²) in [5, 5.41) is 12.2. The first-order valence-corrected chi connectivity index (χ1v) is 6.10. The summed E-state index contributed by atoms with van der Waals surface area (Å²) in [6.45, 7) is 0.154. The molecule has 0 atom stereocenters. The van der Waals surface area contributed by atoms with E-state index in [0.29, 0.717) is 11.3 Å². The van der Waals surface area contributed by atoms with Gasteiger partial charge in [-0.3, -0.25) is 0 Å². The van der Waals surface area contributed by atoms with Crippen molar-refractivity contribution in [3.63, 3.8) is 0 Å². The maximum Gasteiger partial charge on any atom is 0.340 e. The van der Waals surface area contributed by atoms with Gasteiger partial charge in [0, 0.05) is 18.3 Å². The van der Waals surface area contributed by atoms with Gasteiger partial charge in [-0.25, -0.2) is 13.6 Å². The fourth-order valence-corrected chi connectivity index (χ4v) is 1.88. The Bertz CT molecular complexity index is 654. The third-order valence-electron chi connectivity index (χ3n) is 2.81. The molecule has 0 spiro atoms. The lowest BCUT2D eigenvalue weighted by Crippen LogP contribution is -2.09. The van der Waals surface area contributed by atoms with E-state index in [2.05, 4.69) is 10.1 Å². The van der Waals surface area contributed by atoms with Crippen molar-refractivity contribution >= 4 is 11.7 Å². The maximum atomic E-state index is 13.2. The summed E-state index contributed by atoms with van der Waals surface area (Å²) >= 11 is 0. The van der Waals surface area contributed by atoms with Gasteiger partial charge in [0.15, 0.2) is 0 Å². The van der Waals surface area contributed by atoms with E-state index in [1.807, 2.05) is 0 Å². The predicted octanol–water partition coefficient (Wildman–Crippen LogP) is 3.07. The first kappa shape index (κ1) is 14.8. The van der Waals surface area contributed by atoms with E-state index < -0.39 is 17.6 Å². The van der Waals surface area contributed by atoms with Crippen molar-refractivity contribution < 1.29 is 23.4 Å². The Labute approximate surface area is 120 Å². The molecule has 2 rings (SSSR count). The molecule has 0 bridgehead atoms. The Morgan fingerprint density at radius 1 is 1.19 bits per heavy atom. The molecule has 0 radical (unpaired) electrons. The van der Waals surface area contributed by atoms with Crippen molar-refractivity contribution in [2.45, 2.75) is 6.54 Å². The number of aromatic hydroxyl groups is 1. The lowest BCUT2D eigenvalue weighted by molar-refractivity contribution is 0.0601. The number of nitrogens with one attached hydrogen (secondary N) is 1. The molecule has 0 saturated heterocycles. The van der Waals surface area contributed by atoms with Gasteiger partial charge < -0.3 is 15.2 Å². The van der Waals surface area contributed by atoms with E-state index >= 15 is 0 Å². The molecule has 0 fully saturated rings. The fourth-order valence-electron chi connectivity index (χ4n) is 1.88. The van der Waals surface area contributed by atoms with E-state index in [4.69, 9.17) is 0 Å². The number of ether oxygens (including phenoxy) is 1. The Hall–Kier alpha value is -2.63. The van der Waals surface area contributed by atoms with Crippen molar-refractivity contribution in [3.05, 3.63) is 59.2 Å². The molecular formula is C15H13F2NO3. The number of benzene rings is 2. The van der Waals surface area contributed by atoms with Gasteiger partial charge in [-0.1, -0.05) is 0 Å². The number of hydrogen-bond acceptors (Lipinski definition) is 4. The van der Waals surface area contributed by atoms with Gasteiger partial charge >= 0.3 is 5.97 Å². The topological polar surface area (TPSA) is 58.6 Å². The second-order valence-electron chi connectivity index (χ2n) is 4.35. The minimum absolute atomic E-state index is 0.0399. The molecule has 6 heteroatoms. The molecule has 0 amide bonds. The number of phenolic OH excluding ortho intramolecular Hbond substituents is 1. The molecule has 0 aliphatic carbocycles. The van der Waals surface area contributed by atoms with E-state index in [0.717, 1.165) is 12.1 Å². The largest absolute Gasteiger partial charge is 0.508 e. The summed E-state index contributed by atoms with van der Waals surface area (Å²) in [7, 11) is 1.20. The normalized spacial score (nSPS) is 10.2. The molecule has 2 N–H and O–H groups in total. The zero-order valence-electron chi connectivity index (χ0n) is 11.2. The van der Waals surface area contributed by atoms with Crippen LogP contribution in [0.2, 0.25) is 0 Å². The number of carbonyl (C=O) groups excluding carboxylic acids is 1. The standard InChI is InChI=1S/C15H13F2NO3/c1-21-15(20)13-7-10(16)2-3-14(13)18-8-9-4-11(17)6-12(19)5-9/h2-7,18-19H,8H2,1H3. The summed E-state index contributed by atoms with van der Waals surface area (Å²) < 4.78 is 30.9. The van der Waals surface area contributed by atoms with E-state index in [-0.39, 0.29) is 17.9 Å². The highest BCUT2D eigenvalue weighted by atomic mass is 19.1. The number of esters is 1. The number of halogens is 2. The predicted molar refractivity (Wildman–Crippen MR) is 73.1 cm³/mol. The van der Waals surface area contributed by atoms with Crippen LogP contribution in [0.25, 0.3) is 0 Å². The minimum atomic E-state index is -0.681. The minimum Gasteiger partial charge on any atom is -0.508 e. The van der Waals surface area contributed by atoms with Crippen LogP contribution in [-0.2, 0) is 11.3 Å². The Kier molecular flexibility index (Phi) is 4.37. The molecule has 0 heterocycles. The number of carbonyl (C=O) groups is 1. The average Bonchev–Trinajstić information content (AvgIpc) is 2.44. The van der Waals surface area contributed by atoms with Crippen molar-refractivity contribution in [1.29, 1.82) is 0 Å². The van der Waals surface area contributed by atoms with Crippen LogP contribution in [-0.4, -0.2) is 18.2 Å². The second-order valence-corrected chi connectivity index (χ2v) is 4.35. The smallest absolute Gasteiger partial charge is 0.340 e. The SMILES string of the molecule is COC(=O)c1cc(F)ccc1NCc1cc(O)cc(F)c1. The Morgan fingerprint density at radius 2 is 1.95 bits per heavy atom. The molecule has 110 valence electrons. The highest BCUT2D eigenvalue weighted by Gasteiger charge is 2.13. The number of phenols is 1. The maximum absolute atomic E-state index is 13.2. The van der Waals surface area contributed by atoms with Crippen LogP contribution in [0.1, 0.15) is 15.9 Å². The Balaban J connectivity index is 2.21. The van der Waals surface area contributed by atoms with Crippen LogP contribution in [0.5, 0.6) is 5.75 Å². The van der Waals surface area contributed by atoms with Crippen LogP contribution in [0.15, 0.2) is 36.4 Å². The second kappa shape index (κ2) is 6.21. The molecule has 2 aromatic rings. The molecule has 0 aliphatic heterocycles. The van der Waals surface area contributed by atoms with Gasteiger partial charge in [-0.05, 0) is 35.9 Å². The van der Waals surface area contributed by atoms with Gasteiger partial charge in [0.25, 0.3) is 0 Å². The van der Waals surface area contributed by atoms with Crippen LogP contribution in [0, 0.1) is 11.6 Å². The van der Waals surface area contributed by atoms with Crippen molar-refractivity contribution in [1.82, 2.24) is 0 Å². The highest BCUT2D eigenvalue weighted by Crippen LogP contribution is 2.20. The van der Waals surface area contributed by atoms with Gasteiger partial charge in [0.1, 0.15) is 17.4 Å². The van der Waals surface area contributed by atoms with Crippen LogP contribution in [0.3, 0.4) is 0 Å². The van der Waals surface area contributed by atoms with Gasteiger partial charge in [-0.2, -0.15) is 0 Å². The molecule has 0 aliphatic rings. The summed E-state index contributed by atoms with van der Waals surface area (Å²) in [6, 6.07) is 7.25. The molecule has 0 saturated carbocycles. The third kappa shape index (κ3) is 3.68. The van der Waals surface area contributed by atoms with Crippen LogP contribution < -0.4 is 5.32 Å². The van der Waals surface area contributed by atoms with Crippen molar-refractivity contribution in [2.24, 2.45) is 0 Å². The van der Waals surface area contributed by atoms with Crippen LogP contribution >= 0.6 is 0 Å².